The Kier molecular flexibility index (Phi) is 4.05. The summed E-state index contributed by atoms with van der Waals surface area (Å²) in [5.41, 5.74) is 6.81. The van der Waals surface area contributed by atoms with Crippen LogP contribution in [0.3, 0.4) is 0 Å². The lowest BCUT2D eigenvalue weighted by molar-refractivity contribution is 0.654. The van der Waals surface area contributed by atoms with Gasteiger partial charge in [0.05, 0.1) is 6.04 Å². The lowest BCUT2D eigenvalue weighted by Crippen LogP contribution is -2.36. The second kappa shape index (κ2) is 6.58. The molecule has 0 radical (unpaired) electrons. The highest BCUT2D eigenvalue weighted by molar-refractivity contribution is 9.10. The Bertz CT molecular complexity index is 1110. The van der Waals surface area contributed by atoms with Crippen molar-refractivity contribution >= 4 is 32.5 Å². The number of nitrogens with zero attached hydrogens (tertiary/aromatic N) is 2. The SMILES string of the molecule is Cn1cc(C2c3ccccc3CCN2c2ccc(Br)cc2)c2ccccc21. The molecular weight excluding hydrogens is 396 g/mol. The number of aromatic nitrogens is 1. The van der Waals surface area contributed by atoms with Crippen LogP contribution in [0.1, 0.15) is 22.7 Å². The third kappa shape index (κ3) is 2.78. The van der Waals surface area contributed by atoms with Gasteiger partial charge in [0.2, 0.25) is 0 Å². The van der Waals surface area contributed by atoms with Gasteiger partial charge in [0.1, 0.15) is 0 Å². The first-order valence-electron chi connectivity index (χ1n) is 9.36. The number of rotatable bonds is 2. The number of halogens is 1. The van der Waals surface area contributed by atoms with Gasteiger partial charge in [-0.05, 0) is 47.9 Å². The molecule has 0 amide bonds. The van der Waals surface area contributed by atoms with E-state index in [4.69, 9.17) is 0 Å². The zero-order valence-corrected chi connectivity index (χ0v) is 16.9. The van der Waals surface area contributed by atoms with Crippen molar-refractivity contribution in [2.24, 2.45) is 7.05 Å². The summed E-state index contributed by atoms with van der Waals surface area (Å²) < 4.78 is 3.37. The molecule has 0 fully saturated rings. The average Bonchev–Trinajstić information content (AvgIpc) is 3.04. The molecule has 0 saturated heterocycles. The van der Waals surface area contributed by atoms with Crippen molar-refractivity contribution in [2.45, 2.75) is 12.5 Å². The van der Waals surface area contributed by atoms with Crippen molar-refractivity contribution in [1.29, 1.82) is 0 Å². The molecule has 1 aromatic heterocycles. The number of aryl methyl sites for hydroxylation is 1. The lowest BCUT2D eigenvalue weighted by Gasteiger charge is -2.39. The summed E-state index contributed by atoms with van der Waals surface area (Å²) in [5, 5.41) is 1.34. The summed E-state index contributed by atoms with van der Waals surface area (Å²) >= 11 is 3.57. The van der Waals surface area contributed by atoms with Gasteiger partial charge in [-0.1, -0.05) is 58.4 Å². The highest BCUT2D eigenvalue weighted by atomic mass is 79.9. The molecule has 0 saturated carbocycles. The number of hydrogen-bond acceptors (Lipinski definition) is 1. The van der Waals surface area contributed by atoms with E-state index < -0.39 is 0 Å². The molecule has 0 spiro atoms. The predicted molar refractivity (Wildman–Crippen MR) is 116 cm³/mol. The standard InChI is InChI=1S/C24H21BrN2/c1-26-16-22(21-8-4-5-9-23(21)26)24-20-7-3-2-6-17(20)14-15-27(24)19-12-10-18(25)11-13-19/h2-13,16,24H,14-15H2,1H3. The topological polar surface area (TPSA) is 8.17 Å². The van der Waals surface area contributed by atoms with Gasteiger partial charge < -0.3 is 9.47 Å². The van der Waals surface area contributed by atoms with E-state index in [2.05, 4.69) is 111 Å². The van der Waals surface area contributed by atoms with Gasteiger partial charge in [0.15, 0.2) is 0 Å². The molecule has 5 rings (SSSR count). The van der Waals surface area contributed by atoms with Crippen molar-refractivity contribution in [2.75, 3.05) is 11.4 Å². The highest BCUT2D eigenvalue weighted by Gasteiger charge is 2.30. The predicted octanol–water partition coefficient (Wildman–Crippen LogP) is 6.09. The van der Waals surface area contributed by atoms with Gasteiger partial charge in [0.25, 0.3) is 0 Å². The van der Waals surface area contributed by atoms with Crippen molar-refractivity contribution < 1.29 is 0 Å². The fourth-order valence-corrected chi connectivity index (χ4v) is 4.67. The van der Waals surface area contributed by atoms with Crippen LogP contribution in [0.5, 0.6) is 0 Å². The summed E-state index contributed by atoms with van der Waals surface area (Å²) in [6, 6.07) is 26.6. The van der Waals surface area contributed by atoms with Crippen molar-refractivity contribution in [3.05, 3.63) is 100 Å². The minimum Gasteiger partial charge on any atom is -0.360 e. The molecule has 2 heterocycles. The van der Waals surface area contributed by atoms with E-state index in [1.54, 1.807) is 0 Å². The monoisotopic (exact) mass is 416 g/mol. The smallest absolute Gasteiger partial charge is 0.0819 e. The van der Waals surface area contributed by atoms with Crippen molar-refractivity contribution in [1.82, 2.24) is 4.57 Å². The van der Waals surface area contributed by atoms with Crippen LogP contribution in [0.4, 0.5) is 5.69 Å². The van der Waals surface area contributed by atoms with Crippen LogP contribution in [-0.2, 0) is 13.5 Å². The quantitative estimate of drug-likeness (QED) is 0.383. The van der Waals surface area contributed by atoms with E-state index in [-0.39, 0.29) is 6.04 Å². The van der Waals surface area contributed by atoms with Crippen LogP contribution in [0, 0.1) is 0 Å². The molecule has 1 atom stereocenters. The molecule has 1 aliphatic heterocycles. The Hall–Kier alpha value is -2.52. The summed E-state index contributed by atoms with van der Waals surface area (Å²) in [7, 11) is 2.14. The maximum Gasteiger partial charge on any atom is 0.0819 e. The first-order chi connectivity index (χ1) is 13.2. The number of fused-ring (bicyclic) bond motifs is 2. The van der Waals surface area contributed by atoms with Crippen molar-refractivity contribution in [3.63, 3.8) is 0 Å². The van der Waals surface area contributed by atoms with Crippen LogP contribution in [0.2, 0.25) is 0 Å². The Morgan fingerprint density at radius 1 is 0.852 bits per heavy atom. The largest absolute Gasteiger partial charge is 0.360 e. The third-order valence-corrected chi connectivity index (χ3v) is 6.19. The Morgan fingerprint density at radius 2 is 1.59 bits per heavy atom. The molecule has 3 aromatic carbocycles. The lowest BCUT2D eigenvalue weighted by atomic mass is 9.87. The molecule has 0 aliphatic carbocycles. The fraction of sp³-hybridized carbons (Fsp3) is 0.167. The number of hydrogen-bond donors (Lipinski definition) is 0. The van der Waals surface area contributed by atoms with E-state index in [0.29, 0.717) is 0 Å². The van der Waals surface area contributed by atoms with E-state index in [0.717, 1.165) is 17.4 Å². The van der Waals surface area contributed by atoms with Gasteiger partial charge in [-0.25, -0.2) is 0 Å². The van der Waals surface area contributed by atoms with Crippen LogP contribution < -0.4 is 4.90 Å². The van der Waals surface area contributed by atoms with E-state index in [9.17, 15) is 0 Å². The second-order valence-electron chi connectivity index (χ2n) is 7.23. The van der Waals surface area contributed by atoms with Crippen LogP contribution in [0.15, 0.2) is 83.5 Å². The van der Waals surface area contributed by atoms with Crippen molar-refractivity contribution in [3.8, 4) is 0 Å². The van der Waals surface area contributed by atoms with Gasteiger partial charge in [-0.15, -0.1) is 0 Å². The van der Waals surface area contributed by atoms with Crippen LogP contribution >= 0.6 is 15.9 Å². The Morgan fingerprint density at radius 3 is 2.44 bits per heavy atom. The van der Waals surface area contributed by atoms with E-state index in [1.807, 2.05) is 0 Å². The Balaban J connectivity index is 1.74. The summed E-state index contributed by atoms with van der Waals surface area (Å²) in [5.74, 6) is 0. The Labute approximate surface area is 168 Å². The maximum atomic E-state index is 3.57. The number of anilines is 1. The summed E-state index contributed by atoms with van der Waals surface area (Å²) in [6.07, 6.45) is 3.39. The van der Waals surface area contributed by atoms with Gasteiger partial charge in [0, 0.05) is 46.4 Å². The molecule has 27 heavy (non-hydrogen) atoms. The molecule has 3 heteroatoms. The second-order valence-corrected chi connectivity index (χ2v) is 8.15. The fourth-order valence-electron chi connectivity index (χ4n) is 4.40. The third-order valence-electron chi connectivity index (χ3n) is 5.66. The molecular formula is C24H21BrN2. The summed E-state index contributed by atoms with van der Waals surface area (Å²) in [4.78, 5) is 2.55. The zero-order chi connectivity index (χ0) is 18.4. The minimum absolute atomic E-state index is 0.224. The molecule has 1 aliphatic rings. The molecule has 2 nitrogen and oxygen atoms in total. The molecule has 0 bridgehead atoms. The molecule has 4 aromatic rings. The maximum absolute atomic E-state index is 3.57. The molecule has 0 N–H and O–H groups in total. The van der Waals surface area contributed by atoms with E-state index >= 15 is 0 Å². The first-order valence-corrected chi connectivity index (χ1v) is 10.2. The molecule has 134 valence electrons. The first kappa shape index (κ1) is 16.6. The van der Waals surface area contributed by atoms with Gasteiger partial charge >= 0.3 is 0 Å². The van der Waals surface area contributed by atoms with Gasteiger partial charge in [-0.3, -0.25) is 0 Å². The number of para-hydroxylation sites is 1. The average molecular weight is 417 g/mol. The van der Waals surface area contributed by atoms with Gasteiger partial charge in [-0.2, -0.15) is 0 Å². The van der Waals surface area contributed by atoms with Crippen LogP contribution in [0.25, 0.3) is 10.9 Å². The normalized spacial score (nSPS) is 16.5. The highest BCUT2D eigenvalue weighted by Crippen LogP contribution is 2.41. The van der Waals surface area contributed by atoms with Crippen LogP contribution in [-0.4, -0.2) is 11.1 Å². The zero-order valence-electron chi connectivity index (χ0n) is 15.3. The molecule has 1 unspecified atom stereocenters. The minimum atomic E-state index is 0.224. The van der Waals surface area contributed by atoms with E-state index in [1.165, 1.54) is 33.3 Å². The summed E-state index contributed by atoms with van der Waals surface area (Å²) in [6.45, 7) is 1.02. The number of benzene rings is 3.